The van der Waals surface area contributed by atoms with Gasteiger partial charge in [0.15, 0.2) is 0 Å². The van der Waals surface area contributed by atoms with Gasteiger partial charge in [0.25, 0.3) is 0 Å². The Morgan fingerprint density at radius 2 is 0.727 bits per heavy atom. The van der Waals surface area contributed by atoms with E-state index in [1.54, 1.807) is 24.3 Å². The van der Waals surface area contributed by atoms with Crippen molar-refractivity contribution in [2.24, 2.45) is 7.05 Å². The van der Waals surface area contributed by atoms with E-state index in [2.05, 4.69) is 13.2 Å². The molecular formula is C47H43NO18. The molecular weight excluding hydrogens is 867 g/mol. The third-order valence-corrected chi connectivity index (χ3v) is 8.69. The molecule has 2 N–H and O–H groups in total. The molecule has 19 nitrogen and oxygen atoms in total. The van der Waals surface area contributed by atoms with Gasteiger partial charge in [-0.3, -0.25) is 4.57 Å². The van der Waals surface area contributed by atoms with Crippen molar-refractivity contribution in [2.75, 3.05) is 52.9 Å². The molecule has 5 rings (SSSR count). The summed E-state index contributed by atoms with van der Waals surface area (Å²) in [6.45, 7) is 8.04. The number of aromatic hydroxyl groups is 2. The highest BCUT2D eigenvalue weighted by atomic mass is 16.6. The Hall–Kier alpha value is -8.42. The highest BCUT2D eigenvalue weighted by Gasteiger charge is 2.29. The van der Waals surface area contributed by atoms with E-state index in [0.717, 1.165) is 16.7 Å². The summed E-state index contributed by atoms with van der Waals surface area (Å²) in [5.41, 5.74) is 0.301. The van der Waals surface area contributed by atoms with Gasteiger partial charge < -0.3 is 57.6 Å². The zero-order valence-corrected chi connectivity index (χ0v) is 35.3. The van der Waals surface area contributed by atoms with E-state index in [4.69, 9.17) is 47.4 Å². The minimum Gasteiger partial charge on any atom is -0.492 e. The Morgan fingerprint density at radius 3 is 1.05 bits per heavy atom. The zero-order chi connectivity index (χ0) is 47.4. The molecule has 4 aromatic carbocycles. The van der Waals surface area contributed by atoms with E-state index < -0.39 is 59.1 Å². The highest BCUT2D eigenvalue weighted by Crippen LogP contribution is 2.47. The lowest BCUT2D eigenvalue weighted by molar-refractivity contribution is -0.140. The van der Waals surface area contributed by atoms with E-state index in [1.165, 1.54) is 79.8 Å². The first-order valence-corrected chi connectivity index (χ1v) is 19.8. The van der Waals surface area contributed by atoms with Crippen molar-refractivity contribution >= 4 is 35.8 Å². The summed E-state index contributed by atoms with van der Waals surface area (Å²) in [4.78, 5) is 73.8. The molecule has 0 fully saturated rings. The van der Waals surface area contributed by atoms with Crippen LogP contribution in [0.25, 0.3) is 0 Å². The lowest BCUT2D eigenvalue weighted by Gasteiger charge is -2.09. The summed E-state index contributed by atoms with van der Waals surface area (Å²) in [6.07, 6.45) is 2.11. The molecule has 0 unspecified atom stereocenters. The van der Waals surface area contributed by atoms with Crippen LogP contribution in [0.15, 0.2) is 122 Å². The maximum absolute atomic E-state index is 13.1. The fourth-order valence-electron chi connectivity index (χ4n) is 5.28. The largest absolute Gasteiger partial charge is 0.492 e. The molecule has 0 aliphatic carbocycles. The van der Waals surface area contributed by atoms with Gasteiger partial charge in [-0.25, -0.2) is 28.8 Å². The fraction of sp³-hybridized carbons (Fsp3) is 0.191. The van der Waals surface area contributed by atoms with E-state index in [1.807, 2.05) is 0 Å². The number of benzene rings is 4. The first kappa shape index (κ1) is 48.6. The summed E-state index contributed by atoms with van der Waals surface area (Å²) >= 11 is 0. The van der Waals surface area contributed by atoms with E-state index in [0.29, 0.717) is 11.5 Å². The van der Waals surface area contributed by atoms with Crippen molar-refractivity contribution in [1.29, 1.82) is 0 Å². The first-order valence-electron chi connectivity index (χ1n) is 19.8. The molecule has 0 atom stereocenters. The van der Waals surface area contributed by atoms with Crippen LogP contribution in [-0.4, -0.2) is 103 Å². The lowest BCUT2D eigenvalue weighted by Crippen LogP contribution is -2.13. The topological polar surface area (TPSA) is 240 Å². The minimum atomic E-state index is -1.02. The van der Waals surface area contributed by atoms with Gasteiger partial charge in [-0.05, 0) is 97.1 Å². The minimum absolute atomic E-state index is 0.0587. The number of carbonyl (C=O) groups excluding carboxylic acids is 6. The van der Waals surface area contributed by atoms with Crippen LogP contribution in [0.4, 0.5) is 0 Å². The molecule has 19 heteroatoms. The quantitative estimate of drug-likeness (QED) is 0.0333. The Balaban J connectivity index is 1.08. The van der Waals surface area contributed by atoms with E-state index in [9.17, 15) is 39.0 Å². The monoisotopic (exact) mass is 909 g/mol. The summed E-state index contributed by atoms with van der Waals surface area (Å²) in [6, 6.07) is 22.7. The second-order valence-electron chi connectivity index (χ2n) is 13.2. The molecule has 0 amide bonds. The van der Waals surface area contributed by atoms with Crippen LogP contribution in [0, 0.1) is 0 Å². The van der Waals surface area contributed by atoms with Crippen molar-refractivity contribution < 1.29 is 86.3 Å². The summed E-state index contributed by atoms with van der Waals surface area (Å²) < 4.78 is 53.7. The zero-order valence-electron chi connectivity index (χ0n) is 35.3. The van der Waals surface area contributed by atoms with Gasteiger partial charge in [-0.15, -0.1) is 0 Å². The van der Waals surface area contributed by atoms with Gasteiger partial charge >= 0.3 is 35.8 Å². The fourth-order valence-corrected chi connectivity index (χ4v) is 5.28. The number of esters is 6. The summed E-state index contributed by atoms with van der Waals surface area (Å²) in [5.74, 6) is -6.19. The standard InChI is InChI=1S/C47H43NO18/c1-4-38(49)61-28-24-57-22-26-59-34-14-6-30(7-15-34)44(53)63-36-18-10-32(11-19-36)46(55)65-40-41(43(52)48(3)42(40)51)66-47(56)33-12-20-37(21-13-33)64-45(54)31-8-16-35(17-9-31)60-27-23-58-25-29-62-39(50)5-2/h4-21,51-52H,1-2,22-29H2,3H3. The number of aromatic nitrogens is 1. The molecule has 1 aromatic heterocycles. The Morgan fingerprint density at radius 1 is 0.439 bits per heavy atom. The molecule has 0 spiro atoms. The van der Waals surface area contributed by atoms with Crippen molar-refractivity contribution in [3.63, 3.8) is 0 Å². The SMILES string of the molecule is C=CC(=O)OCCOCCOc1ccc(C(=O)Oc2ccc(C(=O)Oc3c(OC(=O)c4ccc(OC(=O)c5ccc(OCCOCCOC(=O)C=C)cc5)cc4)c(O)n(C)c3O)cc2)cc1. The molecule has 5 aromatic rings. The molecule has 0 radical (unpaired) electrons. The summed E-state index contributed by atoms with van der Waals surface area (Å²) in [5, 5.41) is 21.3. The van der Waals surface area contributed by atoms with Crippen LogP contribution >= 0.6 is 0 Å². The summed E-state index contributed by atoms with van der Waals surface area (Å²) in [7, 11) is 1.23. The van der Waals surface area contributed by atoms with Crippen molar-refractivity contribution in [3.05, 3.63) is 145 Å². The van der Waals surface area contributed by atoms with Crippen molar-refractivity contribution in [2.45, 2.75) is 0 Å². The highest BCUT2D eigenvalue weighted by molar-refractivity contribution is 5.95. The van der Waals surface area contributed by atoms with Gasteiger partial charge in [-0.2, -0.15) is 0 Å². The van der Waals surface area contributed by atoms with Gasteiger partial charge in [0.2, 0.25) is 23.3 Å². The van der Waals surface area contributed by atoms with Crippen LogP contribution in [0.2, 0.25) is 0 Å². The predicted molar refractivity (Wildman–Crippen MR) is 229 cm³/mol. The Kier molecular flexibility index (Phi) is 18.0. The van der Waals surface area contributed by atoms with E-state index >= 15 is 0 Å². The van der Waals surface area contributed by atoms with Crippen LogP contribution < -0.4 is 28.4 Å². The Labute approximate surface area is 376 Å². The van der Waals surface area contributed by atoms with Gasteiger partial charge in [0.1, 0.15) is 49.4 Å². The maximum Gasteiger partial charge on any atom is 0.343 e. The third kappa shape index (κ3) is 14.3. The molecule has 0 aliphatic heterocycles. The molecule has 0 aliphatic rings. The van der Waals surface area contributed by atoms with Crippen molar-refractivity contribution in [1.82, 2.24) is 4.57 Å². The second-order valence-corrected chi connectivity index (χ2v) is 13.2. The smallest absolute Gasteiger partial charge is 0.343 e. The molecule has 0 saturated heterocycles. The van der Waals surface area contributed by atoms with Gasteiger partial charge in [0.05, 0.1) is 48.7 Å². The average Bonchev–Trinajstić information content (AvgIpc) is 3.52. The van der Waals surface area contributed by atoms with Crippen LogP contribution in [0.1, 0.15) is 41.4 Å². The number of ether oxygens (including phenoxy) is 10. The van der Waals surface area contributed by atoms with Gasteiger partial charge in [0, 0.05) is 19.2 Å². The first-order chi connectivity index (χ1) is 31.9. The number of carbonyl (C=O) groups is 6. The Bertz CT molecular complexity index is 2320. The van der Waals surface area contributed by atoms with E-state index in [-0.39, 0.29) is 86.6 Å². The molecule has 66 heavy (non-hydrogen) atoms. The average molecular weight is 910 g/mol. The molecule has 0 bridgehead atoms. The maximum atomic E-state index is 13.1. The van der Waals surface area contributed by atoms with Crippen LogP contribution in [0.5, 0.6) is 46.3 Å². The third-order valence-electron chi connectivity index (χ3n) is 8.69. The van der Waals surface area contributed by atoms with Gasteiger partial charge in [-0.1, -0.05) is 13.2 Å². The second kappa shape index (κ2) is 24.4. The molecule has 0 saturated carbocycles. The normalized spacial score (nSPS) is 10.5. The molecule has 1 heterocycles. The predicted octanol–water partition coefficient (Wildman–Crippen LogP) is 5.56. The number of hydrogen-bond donors (Lipinski definition) is 2. The molecule has 344 valence electrons. The van der Waals surface area contributed by atoms with Crippen molar-refractivity contribution in [3.8, 4) is 46.3 Å². The number of hydrogen-bond acceptors (Lipinski definition) is 18. The van der Waals surface area contributed by atoms with Crippen LogP contribution in [-0.2, 0) is 35.6 Å². The lowest BCUT2D eigenvalue weighted by atomic mass is 10.2. The number of nitrogens with zero attached hydrogens (tertiary/aromatic N) is 1. The number of rotatable bonds is 24. The van der Waals surface area contributed by atoms with Crippen LogP contribution in [0.3, 0.4) is 0 Å².